The van der Waals surface area contributed by atoms with Gasteiger partial charge in [-0.3, -0.25) is 19.2 Å². The number of hydrogen-bond donors (Lipinski definition) is 1. The Morgan fingerprint density at radius 1 is 1.00 bits per heavy atom. The molecule has 31 heavy (non-hydrogen) atoms. The molecule has 2 amide bonds. The van der Waals surface area contributed by atoms with Gasteiger partial charge in [-0.25, -0.2) is 4.39 Å². The Kier molecular flexibility index (Phi) is 6.08. The van der Waals surface area contributed by atoms with Gasteiger partial charge in [-0.2, -0.15) is 5.10 Å². The number of amides is 2. The standard InChI is InChI=1S/C23H24FN5O2/c1-27-21(25-22(30)17-7-3-2-4-8-17)15-20(26-27)23(31)29-13-11-28(12-14-29)16-18-9-5-6-10-19(18)24/h2-10,15H,11-14,16H2,1H3,(H,25,30). The molecular formula is C23H24FN5O2. The summed E-state index contributed by atoms with van der Waals surface area (Å²) in [5.74, 6) is -0.194. The van der Waals surface area contributed by atoms with Gasteiger partial charge in [-0.15, -0.1) is 0 Å². The number of nitrogens with one attached hydrogen (secondary N) is 1. The normalized spacial score (nSPS) is 14.5. The smallest absolute Gasteiger partial charge is 0.274 e. The summed E-state index contributed by atoms with van der Waals surface area (Å²) in [6, 6.07) is 17.2. The minimum atomic E-state index is -0.260. The molecule has 2 heterocycles. The molecule has 0 radical (unpaired) electrons. The third-order valence-corrected chi connectivity index (χ3v) is 5.39. The lowest BCUT2D eigenvalue weighted by atomic mass is 10.2. The summed E-state index contributed by atoms with van der Waals surface area (Å²) in [6.45, 7) is 2.91. The first-order chi connectivity index (χ1) is 15.0. The predicted octanol–water partition coefficient (Wildman–Crippen LogP) is 2.77. The molecule has 1 fully saturated rings. The van der Waals surface area contributed by atoms with Crippen LogP contribution in [0, 0.1) is 5.82 Å². The second-order valence-electron chi connectivity index (χ2n) is 7.52. The van der Waals surface area contributed by atoms with E-state index in [-0.39, 0.29) is 23.3 Å². The molecule has 1 aliphatic rings. The summed E-state index contributed by atoms with van der Waals surface area (Å²) in [4.78, 5) is 29.1. The van der Waals surface area contributed by atoms with E-state index in [0.717, 1.165) is 0 Å². The van der Waals surface area contributed by atoms with Gasteiger partial charge in [0.25, 0.3) is 11.8 Å². The SMILES string of the molecule is Cn1nc(C(=O)N2CCN(Cc3ccccc3F)CC2)cc1NC(=O)c1ccccc1. The lowest BCUT2D eigenvalue weighted by molar-refractivity contribution is 0.0620. The number of carbonyl (C=O) groups is 2. The van der Waals surface area contributed by atoms with E-state index in [4.69, 9.17) is 0 Å². The van der Waals surface area contributed by atoms with Crippen LogP contribution in [0.25, 0.3) is 0 Å². The van der Waals surface area contributed by atoms with Crippen LogP contribution >= 0.6 is 0 Å². The molecule has 3 aromatic rings. The fraction of sp³-hybridized carbons (Fsp3) is 0.261. The van der Waals surface area contributed by atoms with Crippen molar-refractivity contribution in [3.8, 4) is 0 Å². The fourth-order valence-corrected chi connectivity index (χ4v) is 3.61. The Labute approximate surface area is 180 Å². The van der Waals surface area contributed by atoms with E-state index < -0.39 is 0 Å². The summed E-state index contributed by atoms with van der Waals surface area (Å²) in [5.41, 5.74) is 1.47. The monoisotopic (exact) mass is 421 g/mol. The molecule has 4 rings (SSSR count). The van der Waals surface area contributed by atoms with Crippen LogP contribution in [0.15, 0.2) is 60.7 Å². The largest absolute Gasteiger partial charge is 0.335 e. The minimum Gasteiger partial charge on any atom is -0.335 e. The number of anilines is 1. The second-order valence-corrected chi connectivity index (χ2v) is 7.52. The van der Waals surface area contributed by atoms with Crippen LogP contribution in [0.2, 0.25) is 0 Å². The van der Waals surface area contributed by atoms with Crippen LogP contribution in [0.5, 0.6) is 0 Å². The van der Waals surface area contributed by atoms with Crippen molar-refractivity contribution >= 4 is 17.6 Å². The summed E-state index contributed by atoms with van der Waals surface area (Å²) in [6.07, 6.45) is 0. The molecule has 1 aromatic heterocycles. The van der Waals surface area contributed by atoms with Crippen LogP contribution in [0.3, 0.4) is 0 Å². The van der Waals surface area contributed by atoms with Gasteiger partial charge < -0.3 is 10.2 Å². The van der Waals surface area contributed by atoms with Gasteiger partial charge in [-0.05, 0) is 18.2 Å². The van der Waals surface area contributed by atoms with Crippen LogP contribution in [-0.4, -0.2) is 57.6 Å². The number of aryl methyl sites for hydroxylation is 1. The highest BCUT2D eigenvalue weighted by Crippen LogP contribution is 2.16. The average Bonchev–Trinajstić information content (AvgIpc) is 3.16. The molecule has 160 valence electrons. The van der Waals surface area contributed by atoms with E-state index in [9.17, 15) is 14.0 Å². The highest BCUT2D eigenvalue weighted by atomic mass is 19.1. The first-order valence-corrected chi connectivity index (χ1v) is 10.2. The lowest BCUT2D eigenvalue weighted by Crippen LogP contribution is -2.48. The maximum absolute atomic E-state index is 13.9. The summed E-state index contributed by atoms with van der Waals surface area (Å²) >= 11 is 0. The van der Waals surface area contributed by atoms with Crippen molar-refractivity contribution in [2.45, 2.75) is 6.54 Å². The Bertz CT molecular complexity index is 1070. The average molecular weight is 421 g/mol. The molecule has 0 saturated carbocycles. The van der Waals surface area contributed by atoms with Gasteiger partial charge in [0.15, 0.2) is 5.69 Å². The Hall–Kier alpha value is -3.52. The first-order valence-electron chi connectivity index (χ1n) is 10.2. The van der Waals surface area contributed by atoms with Gasteiger partial charge >= 0.3 is 0 Å². The summed E-state index contributed by atoms with van der Waals surface area (Å²) < 4.78 is 15.4. The molecule has 0 bridgehead atoms. The molecule has 7 nitrogen and oxygen atoms in total. The van der Waals surface area contributed by atoms with Gasteiger partial charge in [0, 0.05) is 57.0 Å². The number of carbonyl (C=O) groups excluding carboxylic acids is 2. The predicted molar refractivity (Wildman–Crippen MR) is 115 cm³/mol. The van der Waals surface area contributed by atoms with Crippen molar-refractivity contribution in [3.63, 3.8) is 0 Å². The maximum atomic E-state index is 13.9. The van der Waals surface area contributed by atoms with E-state index in [0.29, 0.717) is 49.7 Å². The van der Waals surface area contributed by atoms with Crippen molar-refractivity contribution in [2.75, 3.05) is 31.5 Å². The zero-order valence-electron chi connectivity index (χ0n) is 17.3. The number of hydrogen-bond acceptors (Lipinski definition) is 4. The molecule has 0 atom stereocenters. The number of piperazine rings is 1. The van der Waals surface area contributed by atoms with Crippen molar-refractivity contribution < 1.29 is 14.0 Å². The number of halogens is 1. The van der Waals surface area contributed by atoms with Crippen molar-refractivity contribution in [2.24, 2.45) is 7.05 Å². The van der Waals surface area contributed by atoms with Crippen LogP contribution in [-0.2, 0) is 13.6 Å². The zero-order valence-corrected chi connectivity index (χ0v) is 17.3. The minimum absolute atomic E-state index is 0.179. The van der Waals surface area contributed by atoms with Crippen LogP contribution < -0.4 is 5.32 Å². The summed E-state index contributed by atoms with van der Waals surface area (Å²) in [7, 11) is 1.68. The van der Waals surface area contributed by atoms with Gasteiger partial charge in [0.05, 0.1) is 0 Å². The molecule has 0 unspecified atom stereocenters. The first kappa shape index (κ1) is 20.7. The Morgan fingerprint density at radius 2 is 1.68 bits per heavy atom. The van der Waals surface area contributed by atoms with Crippen molar-refractivity contribution in [3.05, 3.63) is 83.3 Å². The van der Waals surface area contributed by atoms with Crippen molar-refractivity contribution in [1.82, 2.24) is 19.6 Å². The molecule has 1 aliphatic heterocycles. The molecule has 0 spiro atoms. The van der Waals surface area contributed by atoms with E-state index in [2.05, 4.69) is 15.3 Å². The number of nitrogens with zero attached hydrogens (tertiary/aromatic N) is 4. The highest BCUT2D eigenvalue weighted by molar-refractivity contribution is 6.04. The van der Waals surface area contributed by atoms with Crippen LogP contribution in [0.1, 0.15) is 26.4 Å². The number of benzene rings is 2. The highest BCUT2D eigenvalue weighted by Gasteiger charge is 2.25. The van der Waals surface area contributed by atoms with E-state index in [1.165, 1.54) is 10.7 Å². The topological polar surface area (TPSA) is 70.5 Å². The van der Waals surface area contributed by atoms with E-state index >= 15 is 0 Å². The zero-order chi connectivity index (χ0) is 21.8. The molecule has 8 heteroatoms. The number of rotatable bonds is 5. The van der Waals surface area contributed by atoms with Gasteiger partial charge in [0.2, 0.25) is 0 Å². The van der Waals surface area contributed by atoms with Gasteiger partial charge in [-0.1, -0.05) is 36.4 Å². The van der Waals surface area contributed by atoms with Crippen molar-refractivity contribution in [1.29, 1.82) is 0 Å². The molecule has 0 aliphatic carbocycles. The van der Waals surface area contributed by atoms with E-state index in [1.54, 1.807) is 54.4 Å². The lowest BCUT2D eigenvalue weighted by Gasteiger charge is -2.34. The fourth-order valence-electron chi connectivity index (χ4n) is 3.61. The third kappa shape index (κ3) is 4.80. The number of aromatic nitrogens is 2. The molecule has 2 aromatic carbocycles. The van der Waals surface area contributed by atoms with Crippen LogP contribution in [0.4, 0.5) is 10.2 Å². The molecular weight excluding hydrogens is 397 g/mol. The quantitative estimate of drug-likeness (QED) is 0.688. The molecule has 1 saturated heterocycles. The molecule has 1 N–H and O–H groups in total. The third-order valence-electron chi connectivity index (χ3n) is 5.39. The Balaban J connectivity index is 1.35. The maximum Gasteiger partial charge on any atom is 0.274 e. The summed E-state index contributed by atoms with van der Waals surface area (Å²) in [5, 5.41) is 7.07. The van der Waals surface area contributed by atoms with Gasteiger partial charge in [0.1, 0.15) is 11.6 Å². The van der Waals surface area contributed by atoms with E-state index in [1.807, 2.05) is 12.1 Å². The Morgan fingerprint density at radius 3 is 2.39 bits per heavy atom. The second kappa shape index (κ2) is 9.09.